The summed E-state index contributed by atoms with van der Waals surface area (Å²) >= 11 is 5.70. The number of hydrogen-bond acceptors (Lipinski definition) is 3. The number of aromatic nitrogens is 1. The van der Waals surface area contributed by atoms with E-state index in [9.17, 15) is 4.39 Å². The fraction of sp³-hybridized carbons (Fsp3) is 0.545. The van der Waals surface area contributed by atoms with Crippen LogP contribution in [-0.4, -0.2) is 48.5 Å². The lowest BCUT2D eigenvalue weighted by Crippen LogP contribution is -2.47. The Morgan fingerprint density at radius 3 is 2.56 bits per heavy atom. The monoisotopic (exact) mass is 243 g/mol. The summed E-state index contributed by atoms with van der Waals surface area (Å²) < 4.78 is 12.7. The second-order valence-electron chi connectivity index (χ2n) is 3.85. The lowest BCUT2D eigenvalue weighted by molar-refractivity contribution is 0.272. The van der Waals surface area contributed by atoms with Crippen molar-refractivity contribution in [2.24, 2.45) is 0 Å². The molecule has 0 spiro atoms. The van der Waals surface area contributed by atoms with E-state index in [1.807, 2.05) is 0 Å². The zero-order valence-electron chi connectivity index (χ0n) is 9.07. The van der Waals surface area contributed by atoms with Crippen LogP contribution >= 0.6 is 11.6 Å². The maximum absolute atomic E-state index is 12.7. The molecule has 0 atom stereocenters. The number of halogens is 2. The summed E-state index contributed by atoms with van der Waals surface area (Å²) in [6.45, 7) is 4.77. The van der Waals surface area contributed by atoms with Gasteiger partial charge in [-0.15, -0.1) is 11.6 Å². The van der Waals surface area contributed by atoms with Gasteiger partial charge in [0.05, 0.1) is 6.20 Å². The van der Waals surface area contributed by atoms with Gasteiger partial charge in [0.25, 0.3) is 0 Å². The third kappa shape index (κ3) is 2.83. The summed E-state index contributed by atoms with van der Waals surface area (Å²) in [7, 11) is 0. The average Bonchev–Trinajstić information content (AvgIpc) is 2.32. The predicted molar refractivity (Wildman–Crippen MR) is 63.6 cm³/mol. The van der Waals surface area contributed by atoms with Gasteiger partial charge in [-0.1, -0.05) is 0 Å². The lowest BCUT2D eigenvalue weighted by Gasteiger charge is -2.34. The molecule has 0 radical (unpaired) electrons. The molecule has 2 heterocycles. The Morgan fingerprint density at radius 1 is 1.25 bits per heavy atom. The quantitative estimate of drug-likeness (QED) is 0.752. The molecule has 1 aliphatic rings. The van der Waals surface area contributed by atoms with Gasteiger partial charge in [-0.3, -0.25) is 4.90 Å². The first-order valence-corrected chi connectivity index (χ1v) is 5.98. The minimum atomic E-state index is -0.287. The maximum atomic E-state index is 12.7. The molecule has 1 fully saturated rings. The molecule has 3 nitrogen and oxygen atoms in total. The Balaban J connectivity index is 1.91. The Kier molecular flexibility index (Phi) is 3.96. The molecule has 0 N–H and O–H groups in total. The smallest absolute Gasteiger partial charge is 0.141 e. The highest BCUT2D eigenvalue weighted by Crippen LogP contribution is 2.13. The largest absolute Gasteiger partial charge is 0.354 e. The van der Waals surface area contributed by atoms with E-state index in [2.05, 4.69) is 14.8 Å². The molecule has 0 saturated carbocycles. The van der Waals surface area contributed by atoms with Gasteiger partial charge in [0.15, 0.2) is 0 Å². The number of rotatable bonds is 3. The van der Waals surface area contributed by atoms with Gasteiger partial charge in [-0.2, -0.15) is 0 Å². The van der Waals surface area contributed by atoms with Crippen LogP contribution in [-0.2, 0) is 0 Å². The minimum absolute atomic E-state index is 0.287. The molecular weight excluding hydrogens is 229 g/mol. The van der Waals surface area contributed by atoms with Crippen LogP contribution in [0, 0.1) is 5.82 Å². The van der Waals surface area contributed by atoms with Crippen LogP contribution in [0.1, 0.15) is 0 Å². The molecule has 1 aliphatic heterocycles. The van der Waals surface area contributed by atoms with Gasteiger partial charge < -0.3 is 4.90 Å². The summed E-state index contributed by atoms with van der Waals surface area (Å²) in [4.78, 5) is 8.58. The highest BCUT2D eigenvalue weighted by molar-refractivity contribution is 6.18. The lowest BCUT2D eigenvalue weighted by atomic mass is 10.3. The molecule has 0 aliphatic carbocycles. The highest BCUT2D eigenvalue weighted by atomic mass is 35.5. The number of hydrogen-bond donors (Lipinski definition) is 0. The van der Waals surface area contributed by atoms with Gasteiger partial charge in [0.1, 0.15) is 11.6 Å². The van der Waals surface area contributed by atoms with E-state index < -0.39 is 0 Å². The van der Waals surface area contributed by atoms with Crippen LogP contribution < -0.4 is 4.90 Å². The average molecular weight is 244 g/mol. The molecule has 1 aromatic rings. The molecule has 2 rings (SSSR count). The Bertz CT molecular complexity index is 323. The van der Waals surface area contributed by atoms with Crippen molar-refractivity contribution in [3.05, 3.63) is 24.1 Å². The Morgan fingerprint density at radius 2 is 2.00 bits per heavy atom. The second-order valence-corrected chi connectivity index (χ2v) is 4.23. The summed E-state index contributed by atoms with van der Waals surface area (Å²) in [6, 6.07) is 3.18. The van der Waals surface area contributed by atoms with Crippen molar-refractivity contribution < 1.29 is 4.39 Å². The van der Waals surface area contributed by atoms with E-state index in [1.165, 1.54) is 12.3 Å². The normalized spacial score (nSPS) is 17.8. The number of alkyl halides is 1. The molecule has 0 unspecified atom stereocenters. The third-order valence-corrected chi connectivity index (χ3v) is 2.98. The van der Waals surface area contributed by atoms with Crippen LogP contribution in [0.15, 0.2) is 18.3 Å². The summed E-state index contributed by atoms with van der Waals surface area (Å²) in [5, 5.41) is 0. The van der Waals surface area contributed by atoms with E-state index in [-0.39, 0.29) is 5.82 Å². The zero-order chi connectivity index (χ0) is 11.4. The Hall–Kier alpha value is -0.870. The number of pyridine rings is 1. The van der Waals surface area contributed by atoms with Gasteiger partial charge in [-0.05, 0) is 12.1 Å². The molecular formula is C11H15ClFN3. The van der Waals surface area contributed by atoms with Gasteiger partial charge in [0.2, 0.25) is 0 Å². The summed E-state index contributed by atoms with van der Waals surface area (Å²) in [5.74, 6) is 1.24. The van der Waals surface area contributed by atoms with Crippen LogP contribution in [0.25, 0.3) is 0 Å². The third-order valence-electron chi connectivity index (χ3n) is 2.81. The van der Waals surface area contributed by atoms with E-state index in [4.69, 9.17) is 11.6 Å². The van der Waals surface area contributed by atoms with Gasteiger partial charge in [-0.25, -0.2) is 9.37 Å². The first-order chi connectivity index (χ1) is 7.79. The van der Waals surface area contributed by atoms with Crippen molar-refractivity contribution in [2.45, 2.75) is 0 Å². The molecule has 88 valence electrons. The molecule has 0 amide bonds. The molecule has 16 heavy (non-hydrogen) atoms. The van der Waals surface area contributed by atoms with E-state index in [1.54, 1.807) is 6.07 Å². The van der Waals surface area contributed by atoms with Crippen molar-refractivity contribution in [1.82, 2.24) is 9.88 Å². The minimum Gasteiger partial charge on any atom is -0.354 e. The van der Waals surface area contributed by atoms with E-state index in [0.717, 1.165) is 38.5 Å². The van der Waals surface area contributed by atoms with E-state index in [0.29, 0.717) is 5.88 Å². The molecule has 1 saturated heterocycles. The van der Waals surface area contributed by atoms with Crippen LogP contribution in [0.3, 0.4) is 0 Å². The van der Waals surface area contributed by atoms with Crippen LogP contribution in [0.2, 0.25) is 0 Å². The van der Waals surface area contributed by atoms with Crippen LogP contribution in [0.4, 0.5) is 10.2 Å². The fourth-order valence-corrected chi connectivity index (χ4v) is 2.11. The van der Waals surface area contributed by atoms with Crippen molar-refractivity contribution in [3.8, 4) is 0 Å². The Labute approximate surface area is 99.8 Å². The number of anilines is 1. The molecule has 5 heteroatoms. The SMILES string of the molecule is Fc1ccc(N2CCN(CCCl)CC2)nc1. The van der Waals surface area contributed by atoms with E-state index >= 15 is 0 Å². The number of piperazine rings is 1. The van der Waals surface area contributed by atoms with Gasteiger partial charge >= 0.3 is 0 Å². The summed E-state index contributed by atoms with van der Waals surface area (Å²) in [6.07, 6.45) is 1.26. The van der Waals surface area contributed by atoms with Crippen molar-refractivity contribution >= 4 is 17.4 Å². The summed E-state index contributed by atoms with van der Waals surface area (Å²) in [5.41, 5.74) is 0. The maximum Gasteiger partial charge on any atom is 0.141 e. The van der Waals surface area contributed by atoms with Crippen LogP contribution in [0.5, 0.6) is 0 Å². The highest BCUT2D eigenvalue weighted by Gasteiger charge is 2.17. The van der Waals surface area contributed by atoms with Crippen molar-refractivity contribution in [2.75, 3.05) is 43.5 Å². The molecule has 0 aromatic carbocycles. The topological polar surface area (TPSA) is 19.4 Å². The molecule has 0 bridgehead atoms. The predicted octanol–water partition coefficient (Wildman–Crippen LogP) is 1.58. The van der Waals surface area contributed by atoms with Crippen molar-refractivity contribution in [1.29, 1.82) is 0 Å². The van der Waals surface area contributed by atoms with Gasteiger partial charge in [0, 0.05) is 38.6 Å². The fourth-order valence-electron chi connectivity index (χ4n) is 1.88. The zero-order valence-corrected chi connectivity index (χ0v) is 9.83. The number of nitrogens with zero attached hydrogens (tertiary/aromatic N) is 3. The second kappa shape index (κ2) is 5.46. The standard InChI is InChI=1S/C11H15ClFN3/c12-3-4-15-5-7-16(8-6-15)11-2-1-10(13)9-14-11/h1-2,9H,3-8H2. The van der Waals surface area contributed by atoms with Crippen molar-refractivity contribution in [3.63, 3.8) is 0 Å². The first-order valence-electron chi connectivity index (χ1n) is 5.44. The molecule has 1 aromatic heterocycles. The first kappa shape index (κ1) is 11.6.